The fraction of sp³-hybridized carbons (Fsp3) is 0.412. The second-order valence-corrected chi connectivity index (χ2v) is 8.78. The van der Waals surface area contributed by atoms with E-state index in [2.05, 4.69) is 4.98 Å². The molecule has 0 spiro atoms. The number of sulfone groups is 1. The SMILES string of the molecule is O=C(c1cnc2c(F)cccc2c1)N1CCS(=O)(=O)[C@@H]2CCC[C@H]21. The van der Waals surface area contributed by atoms with Crippen LogP contribution in [0.4, 0.5) is 4.39 Å². The van der Waals surface area contributed by atoms with Crippen molar-refractivity contribution in [1.29, 1.82) is 0 Å². The van der Waals surface area contributed by atoms with E-state index in [-0.39, 0.29) is 29.8 Å². The zero-order valence-electron chi connectivity index (χ0n) is 13.0. The van der Waals surface area contributed by atoms with Crippen LogP contribution in [0, 0.1) is 5.82 Å². The van der Waals surface area contributed by atoms with E-state index in [4.69, 9.17) is 0 Å². The molecule has 1 aliphatic heterocycles. The molecule has 0 N–H and O–H groups in total. The number of para-hydroxylation sites is 1. The number of hydrogen-bond acceptors (Lipinski definition) is 4. The molecule has 7 heteroatoms. The summed E-state index contributed by atoms with van der Waals surface area (Å²) in [5.41, 5.74) is 0.604. The molecule has 1 amide bonds. The summed E-state index contributed by atoms with van der Waals surface area (Å²) < 4.78 is 38.1. The van der Waals surface area contributed by atoms with Crippen LogP contribution in [-0.4, -0.2) is 47.8 Å². The van der Waals surface area contributed by atoms with Crippen LogP contribution in [0.25, 0.3) is 10.9 Å². The van der Waals surface area contributed by atoms with Gasteiger partial charge in [0, 0.05) is 24.2 Å². The third kappa shape index (κ3) is 2.38. The Balaban J connectivity index is 1.69. The average Bonchev–Trinajstić information content (AvgIpc) is 3.05. The fourth-order valence-corrected chi connectivity index (χ4v) is 5.92. The number of carbonyl (C=O) groups excluding carboxylic acids is 1. The molecular formula is C17H17FN2O3S. The van der Waals surface area contributed by atoms with Crippen molar-refractivity contribution in [2.45, 2.75) is 30.6 Å². The van der Waals surface area contributed by atoms with Crippen molar-refractivity contribution in [3.63, 3.8) is 0 Å². The van der Waals surface area contributed by atoms with Crippen molar-refractivity contribution < 1.29 is 17.6 Å². The zero-order valence-corrected chi connectivity index (χ0v) is 13.8. The molecule has 1 aliphatic carbocycles. The summed E-state index contributed by atoms with van der Waals surface area (Å²) in [4.78, 5) is 18.6. The van der Waals surface area contributed by atoms with E-state index in [0.717, 1.165) is 6.42 Å². The molecule has 2 aliphatic rings. The number of pyridine rings is 1. The molecule has 1 aromatic heterocycles. The number of amides is 1. The van der Waals surface area contributed by atoms with Gasteiger partial charge in [-0.25, -0.2) is 12.8 Å². The van der Waals surface area contributed by atoms with Crippen LogP contribution in [0.2, 0.25) is 0 Å². The molecule has 24 heavy (non-hydrogen) atoms. The molecule has 0 radical (unpaired) electrons. The molecule has 4 rings (SSSR count). The molecule has 2 aromatic rings. The molecular weight excluding hydrogens is 331 g/mol. The van der Waals surface area contributed by atoms with E-state index in [1.54, 1.807) is 23.1 Å². The van der Waals surface area contributed by atoms with E-state index < -0.39 is 20.9 Å². The lowest BCUT2D eigenvalue weighted by atomic mass is 10.1. The second kappa shape index (κ2) is 5.51. The van der Waals surface area contributed by atoms with Gasteiger partial charge >= 0.3 is 0 Å². The Morgan fingerprint density at radius 1 is 1.29 bits per heavy atom. The van der Waals surface area contributed by atoms with Crippen molar-refractivity contribution in [1.82, 2.24) is 9.88 Å². The first-order valence-electron chi connectivity index (χ1n) is 8.04. The first-order chi connectivity index (χ1) is 11.5. The summed E-state index contributed by atoms with van der Waals surface area (Å²) in [6, 6.07) is 5.99. The predicted molar refractivity (Wildman–Crippen MR) is 88.0 cm³/mol. The zero-order chi connectivity index (χ0) is 16.9. The van der Waals surface area contributed by atoms with Crippen molar-refractivity contribution in [2.24, 2.45) is 0 Å². The van der Waals surface area contributed by atoms with Crippen molar-refractivity contribution in [3.05, 3.63) is 41.8 Å². The maximum absolute atomic E-state index is 13.7. The molecule has 2 atom stereocenters. The monoisotopic (exact) mass is 348 g/mol. The fourth-order valence-electron chi connectivity index (χ4n) is 3.88. The minimum absolute atomic E-state index is 0.00947. The third-order valence-electron chi connectivity index (χ3n) is 5.07. The van der Waals surface area contributed by atoms with Crippen LogP contribution < -0.4 is 0 Å². The summed E-state index contributed by atoms with van der Waals surface area (Å²) in [7, 11) is -3.11. The number of hydrogen-bond donors (Lipinski definition) is 0. The van der Waals surface area contributed by atoms with E-state index in [1.807, 2.05) is 0 Å². The van der Waals surface area contributed by atoms with Crippen molar-refractivity contribution >= 4 is 26.6 Å². The number of carbonyl (C=O) groups is 1. The lowest BCUT2D eigenvalue weighted by molar-refractivity contribution is 0.0686. The highest BCUT2D eigenvalue weighted by atomic mass is 32.2. The number of nitrogens with zero attached hydrogens (tertiary/aromatic N) is 2. The Labute approximate surface area is 139 Å². The van der Waals surface area contributed by atoms with Gasteiger partial charge in [0.15, 0.2) is 9.84 Å². The normalized spacial score (nSPS) is 25.6. The Hall–Kier alpha value is -2.02. The van der Waals surface area contributed by atoms with Crippen LogP contribution in [0.15, 0.2) is 30.5 Å². The quantitative estimate of drug-likeness (QED) is 0.792. The molecule has 1 saturated heterocycles. The summed E-state index contributed by atoms with van der Waals surface area (Å²) >= 11 is 0. The highest BCUT2D eigenvalue weighted by molar-refractivity contribution is 7.92. The van der Waals surface area contributed by atoms with Crippen molar-refractivity contribution in [3.8, 4) is 0 Å². The first-order valence-corrected chi connectivity index (χ1v) is 9.76. The predicted octanol–water partition coefficient (Wildman–Crippen LogP) is 2.17. The number of aromatic nitrogens is 1. The van der Waals surface area contributed by atoms with E-state index in [1.165, 1.54) is 12.3 Å². The molecule has 0 bridgehead atoms. The second-order valence-electron chi connectivity index (χ2n) is 6.44. The Bertz CT molecular complexity index is 929. The molecule has 5 nitrogen and oxygen atoms in total. The molecule has 126 valence electrons. The van der Waals surface area contributed by atoms with E-state index in [0.29, 0.717) is 23.8 Å². The molecule has 2 fully saturated rings. The van der Waals surface area contributed by atoms with Gasteiger partial charge in [-0.3, -0.25) is 9.78 Å². The molecule has 0 unspecified atom stereocenters. The van der Waals surface area contributed by atoms with Gasteiger partial charge in [-0.15, -0.1) is 0 Å². The van der Waals surface area contributed by atoms with Gasteiger partial charge < -0.3 is 4.90 Å². The van der Waals surface area contributed by atoms with Crippen LogP contribution in [0.3, 0.4) is 0 Å². The summed E-state index contributed by atoms with van der Waals surface area (Å²) in [6.07, 6.45) is 3.53. The minimum atomic E-state index is -3.11. The lowest BCUT2D eigenvalue weighted by Crippen LogP contribution is -2.54. The van der Waals surface area contributed by atoms with Crippen LogP contribution in [0.1, 0.15) is 29.6 Å². The Morgan fingerprint density at radius 2 is 2.12 bits per heavy atom. The first kappa shape index (κ1) is 15.5. The average molecular weight is 348 g/mol. The van der Waals surface area contributed by atoms with Crippen molar-refractivity contribution in [2.75, 3.05) is 12.3 Å². The number of halogens is 1. The Kier molecular flexibility index (Phi) is 3.56. The van der Waals surface area contributed by atoms with Gasteiger partial charge in [-0.05, 0) is 31.4 Å². The number of rotatable bonds is 1. The van der Waals surface area contributed by atoms with Gasteiger partial charge in [0.2, 0.25) is 0 Å². The highest BCUT2D eigenvalue weighted by Crippen LogP contribution is 2.34. The van der Waals surface area contributed by atoms with Gasteiger partial charge in [0.25, 0.3) is 5.91 Å². The topological polar surface area (TPSA) is 67.3 Å². The maximum Gasteiger partial charge on any atom is 0.255 e. The van der Waals surface area contributed by atoms with Crippen LogP contribution in [-0.2, 0) is 9.84 Å². The summed E-state index contributed by atoms with van der Waals surface area (Å²) in [5, 5.41) is 0.120. The minimum Gasteiger partial charge on any atom is -0.333 e. The van der Waals surface area contributed by atoms with Crippen LogP contribution >= 0.6 is 0 Å². The third-order valence-corrected chi connectivity index (χ3v) is 7.29. The number of fused-ring (bicyclic) bond motifs is 2. The van der Waals surface area contributed by atoms with Gasteiger partial charge in [0.05, 0.1) is 16.6 Å². The highest BCUT2D eigenvalue weighted by Gasteiger charge is 2.46. The van der Waals surface area contributed by atoms with Crippen LogP contribution in [0.5, 0.6) is 0 Å². The number of benzene rings is 1. The molecule has 2 heterocycles. The van der Waals surface area contributed by atoms with Gasteiger partial charge in [0.1, 0.15) is 11.3 Å². The standard InChI is InChI=1S/C17H17FN2O3S/c18-13-4-1-3-11-9-12(10-19-16(11)13)17(21)20-7-8-24(22,23)15-6-2-5-14(15)20/h1,3-4,9-10,14-15H,2,5-8H2/t14-,15-/m1/s1. The van der Waals surface area contributed by atoms with E-state index in [9.17, 15) is 17.6 Å². The summed E-state index contributed by atoms with van der Waals surface area (Å²) in [5.74, 6) is -0.637. The van der Waals surface area contributed by atoms with Gasteiger partial charge in [-0.2, -0.15) is 0 Å². The summed E-state index contributed by atoms with van der Waals surface area (Å²) in [6.45, 7) is 0.212. The molecule has 1 aromatic carbocycles. The van der Waals surface area contributed by atoms with Gasteiger partial charge in [-0.1, -0.05) is 12.1 Å². The Morgan fingerprint density at radius 3 is 2.96 bits per heavy atom. The van der Waals surface area contributed by atoms with E-state index >= 15 is 0 Å². The lowest BCUT2D eigenvalue weighted by Gasteiger charge is -2.37. The molecule has 1 saturated carbocycles. The largest absolute Gasteiger partial charge is 0.333 e. The maximum atomic E-state index is 13.7. The smallest absolute Gasteiger partial charge is 0.255 e.